The van der Waals surface area contributed by atoms with Gasteiger partial charge in [0.15, 0.2) is 0 Å². The van der Waals surface area contributed by atoms with E-state index in [1.165, 1.54) is 0 Å². The summed E-state index contributed by atoms with van der Waals surface area (Å²) in [6.45, 7) is 6.68. The molecule has 0 aliphatic rings. The molecule has 1 heterocycles. The minimum Gasteiger partial charge on any atom is -0.493 e. The largest absolute Gasteiger partial charge is 0.493 e. The Bertz CT molecular complexity index is 511. The number of rotatable bonds is 6. The van der Waals surface area contributed by atoms with Crippen molar-refractivity contribution in [2.75, 3.05) is 13.2 Å². The van der Waals surface area contributed by atoms with Crippen molar-refractivity contribution in [3.63, 3.8) is 0 Å². The van der Waals surface area contributed by atoms with Crippen molar-refractivity contribution in [3.05, 3.63) is 36.0 Å². The molecule has 0 aliphatic heterocycles. The Morgan fingerprint density at radius 1 is 1.22 bits per heavy atom. The maximum atomic E-state index is 5.82. The summed E-state index contributed by atoms with van der Waals surface area (Å²) in [7, 11) is 0. The van der Waals surface area contributed by atoms with E-state index >= 15 is 0 Å². The van der Waals surface area contributed by atoms with Crippen molar-refractivity contribution in [1.29, 1.82) is 0 Å². The van der Waals surface area contributed by atoms with Gasteiger partial charge in [-0.15, -0.1) is 0 Å². The summed E-state index contributed by atoms with van der Waals surface area (Å²) in [6, 6.07) is 10.2. The second-order valence-corrected chi connectivity index (χ2v) is 4.26. The lowest BCUT2D eigenvalue weighted by Crippen LogP contribution is -2.13. The first-order chi connectivity index (χ1) is 8.85. The second kappa shape index (κ2) is 6.36. The van der Waals surface area contributed by atoms with Crippen LogP contribution in [0.1, 0.15) is 26.0 Å². The fraction of sp³-hybridized carbons (Fsp3) is 0.400. The van der Waals surface area contributed by atoms with Crippen molar-refractivity contribution < 1.29 is 4.74 Å². The molecule has 0 bridgehead atoms. The third kappa shape index (κ3) is 2.99. The number of nitrogens with zero attached hydrogens (tertiary/aromatic N) is 1. The molecule has 0 fully saturated rings. The summed E-state index contributed by atoms with van der Waals surface area (Å²) in [4.78, 5) is 4.64. The lowest BCUT2D eigenvalue weighted by atomic mass is 10.2. The summed E-state index contributed by atoms with van der Waals surface area (Å²) >= 11 is 0. The SMILES string of the molecule is CCCOc1cc(CNCC)nc2ccccc12. The lowest BCUT2D eigenvalue weighted by Gasteiger charge is -2.11. The summed E-state index contributed by atoms with van der Waals surface area (Å²) < 4.78 is 5.82. The van der Waals surface area contributed by atoms with E-state index < -0.39 is 0 Å². The molecule has 0 saturated carbocycles. The van der Waals surface area contributed by atoms with E-state index in [0.717, 1.165) is 48.5 Å². The molecule has 1 aromatic heterocycles. The smallest absolute Gasteiger partial charge is 0.130 e. The fourth-order valence-electron chi connectivity index (χ4n) is 1.87. The number of ether oxygens (including phenoxy) is 1. The van der Waals surface area contributed by atoms with Gasteiger partial charge in [-0.2, -0.15) is 0 Å². The van der Waals surface area contributed by atoms with E-state index in [9.17, 15) is 0 Å². The van der Waals surface area contributed by atoms with Crippen molar-refractivity contribution >= 4 is 10.9 Å². The predicted octanol–water partition coefficient (Wildman–Crippen LogP) is 3.13. The van der Waals surface area contributed by atoms with Gasteiger partial charge < -0.3 is 10.1 Å². The molecule has 2 aromatic rings. The number of fused-ring (bicyclic) bond motifs is 1. The maximum Gasteiger partial charge on any atom is 0.130 e. The summed E-state index contributed by atoms with van der Waals surface area (Å²) in [5.74, 6) is 0.940. The second-order valence-electron chi connectivity index (χ2n) is 4.26. The standard InChI is InChI=1S/C15H20N2O/c1-3-9-18-15-10-12(11-16-4-2)17-14-8-6-5-7-13(14)15/h5-8,10,16H,3-4,9,11H2,1-2H3. The van der Waals surface area contributed by atoms with Gasteiger partial charge in [-0.25, -0.2) is 0 Å². The minimum absolute atomic E-state index is 0.745. The van der Waals surface area contributed by atoms with E-state index in [1.54, 1.807) is 0 Å². The molecule has 1 N–H and O–H groups in total. The highest BCUT2D eigenvalue weighted by atomic mass is 16.5. The van der Waals surface area contributed by atoms with Gasteiger partial charge in [0.05, 0.1) is 17.8 Å². The highest BCUT2D eigenvalue weighted by Crippen LogP contribution is 2.25. The van der Waals surface area contributed by atoms with Crippen LogP contribution in [0.15, 0.2) is 30.3 Å². The van der Waals surface area contributed by atoms with Crippen molar-refractivity contribution in [2.24, 2.45) is 0 Å². The highest BCUT2D eigenvalue weighted by molar-refractivity contribution is 5.85. The molecule has 0 radical (unpaired) electrons. The number of para-hydroxylation sites is 1. The van der Waals surface area contributed by atoms with Crippen LogP contribution >= 0.6 is 0 Å². The Morgan fingerprint density at radius 2 is 2.06 bits per heavy atom. The van der Waals surface area contributed by atoms with Crippen LogP contribution in [-0.2, 0) is 6.54 Å². The highest BCUT2D eigenvalue weighted by Gasteiger charge is 2.06. The van der Waals surface area contributed by atoms with Crippen LogP contribution in [0, 0.1) is 0 Å². The molecular weight excluding hydrogens is 224 g/mol. The zero-order chi connectivity index (χ0) is 12.8. The molecule has 3 heteroatoms. The summed E-state index contributed by atoms with van der Waals surface area (Å²) in [5.41, 5.74) is 2.03. The van der Waals surface area contributed by atoms with Crippen LogP contribution < -0.4 is 10.1 Å². The van der Waals surface area contributed by atoms with Crippen molar-refractivity contribution in [2.45, 2.75) is 26.8 Å². The normalized spacial score (nSPS) is 10.8. The topological polar surface area (TPSA) is 34.1 Å². The molecular formula is C15H20N2O. The average Bonchev–Trinajstić information content (AvgIpc) is 2.42. The van der Waals surface area contributed by atoms with Gasteiger partial charge in [-0.3, -0.25) is 4.98 Å². The van der Waals surface area contributed by atoms with E-state index in [4.69, 9.17) is 4.74 Å². The van der Waals surface area contributed by atoms with Crippen LogP contribution in [0.3, 0.4) is 0 Å². The number of aromatic nitrogens is 1. The number of hydrogen-bond donors (Lipinski definition) is 1. The van der Waals surface area contributed by atoms with Gasteiger partial charge in [0.25, 0.3) is 0 Å². The molecule has 0 unspecified atom stereocenters. The molecule has 3 nitrogen and oxygen atoms in total. The first-order valence-electron chi connectivity index (χ1n) is 6.57. The number of benzene rings is 1. The monoisotopic (exact) mass is 244 g/mol. The van der Waals surface area contributed by atoms with Gasteiger partial charge in [0.2, 0.25) is 0 Å². The molecule has 0 amide bonds. The molecule has 96 valence electrons. The Labute approximate surface area is 108 Å². The Morgan fingerprint density at radius 3 is 2.83 bits per heavy atom. The average molecular weight is 244 g/mol. The molecule has 0 saturated heterocycles. The van der Waals surface area contributed by atoms with Crippen LogP contribution in [0.5, 0.6) is 5.75 Å². The Kier molecular flexibility index (Phi) is 4.53. The third-order valence-electron chi connectivity index (χ3n) is 2.75. The minimum atomic E-state index is 0.745. The molecule has 0 spiro atoms. The van der Waals surface area contributed by atoms with Gasteiger partial charge in [0.1, 0.15) is 5.75 Å². The molecule has 1 aromatic carbocycles. The number of hydrogen-bond acceptors (Lipinski definition) is 3. The quantitative estimate of drug-likeness (QED) is 0.847. The maximum absolute atomic E-state index is 5.82. The van der Waals surface area contributed by atoms with Gasteiger partial charge >= 0.3 is 0 Å². The van der Waals surface area contributed by atoms with Gasteiger partial charge in [0, 0.05) is 18.0 Å². The van der Waals surface area contributed by atoms with Crippen molar-refractivity contribution in [1.82, 2.24) is 10.3 Å². The van der Waals surface area contributed by atoms with Crippen LogP contribution in [-0.4, -0.2) is 18.1 Å². The predicted molar refractivity (Wildman–Crippen MR) is 74.9 cm³/mol. The van der Waals surface area contributed by atoms with Crippen LogP contribution in [0.25, 0.3) is 10.9 Å². The molecule has 18 heavy (non-hydrogen) atoms. The van der Waals surface area contributed by atoms with Crippen molar-refractivity contribution in [3.8, 4) is 5.75 Å². The fourth-order valence-corrected chi connectivity index (χ4v) is 1.87. The van der Waals surface area contributed by atoms with Gasteiger partial charge in [-0.05, 0) is 25.1 Å². The molecule has 0 aliphatic carbocycles. The lowest BCUT2D eigenvalue weighted by molar-refractivity contribution is 0.320. The molecule has 0 atom stereocenters. The van der Waals surface area contributed by atoms with Crippen LogP contribution in [0.2, 0.25) is 0 Å². The van der Waals surface area contributed by atoms with E-state index in [2.05, 4.69) is 30.2 Å². The van der Waals surface area contributed by atoms with E-state index in [1.807, 2.05) is 24.3 Å². The number of pyridine rings is 1. The zero-order valence-electron chi connectivity index (χ0n) is 11.1. The third-order valence-corrected chi connectivity index (χ3v) is 2.75. The first-order valence-corrected chi connectivity index (χ1v) is 6.57. The summed E-state index contributed by atoms with van der Waals surface area (Å²) in [6.07, 6.45) is 1.01. The number of nitrogens with one attached hydrogen (secondary N) is 1. The summed E-state index contributed by atoms with van der Waals surface area (Å²) in [5, 5.41) is 4.38. The van der Waals surface area contributed by atoms with Crippen LogP contribution in [0.4, 0.5) is 0 Å². The van der Waals surface area contributed by atoms with Gasteiger partial charge in [-0.1, -0.05) is 26.0 Å². The zero-order valence-corrected chi connectivity index (χ0v) is 11.1. The Balaban J connectivity index is 2.36. The first kappa shape index (κ1) is 12.8. The van der Waals surface area contributed by atoms with E-state index in [-0.39, 0.29) is 0 Å². The van der Waals surface area contributed by atoms with E-state index in [0.29, 0.717) is 0 Å². The Hall–Kier alpha value is -1.61. The molecule has 2 rings (SSSR count).